The highest BCUT2D eigenvalue weighted by Crippen LogP contribution is 2.42. The van der Waals surface area contributed by atoms with Crippen molar-refractivity contribution in [3.8, 4) is 0 Å². The van der Waals surface area contributed by atoms with E-state index in [1.165, 1.54) is 0 Å². The minimum absolute atomic E-state index is 0.0291. The fraction of sp³-hybridized carbons (Fsp3) is 0.714. The minimum atomic E-state index is -4.73. The van der Waals surface area contributed by atoms with Gasteiger partial charge in [0.2, 0.25) is 0 Å². The quantitative estimate of drug-likeness (QED) is 0.723. The summed E-state index contributed by atoms with van der Waals surface area (Å²) in [5, 5.41) is 22.3. The van der Waals surface area contributed by atoms with Crippen molar-refractivity contribution in [2.75, 3.05) is 5.32 Å². The number of rotatable bonds is 4. The highest BCUT2D eigenvalue weighted by atomic mass is 19.4. The van der Waals surface area contributed by atoms with Crippen LogP contribution in [0.5, 0.6) is 0 Å². The summed E-state index contributed by atoms with van der Waals surface area (Å²) >= 11 is 0. The predicted molar refractivity (Wildman–Crippen MR) is 74.4 cm³/mol. The van der Waals surface area contributed by atoms with Gasteiger partial charge in [-0.2, -0.15) is 13.2 Å². The van der Waals surface area contributed by atoms with Crippen molar-refractivity contribution in [3.05, 3.63) is 18.1 Å². The Morgan fingerprint density at radius 3 is 2.50 bits per heavy atom. The molecule has 0 radical (unpaired) electrons. The summed E-state index contributed by atoms with van der Waals surface area (Å²) in [5.74, 6) is -5.06. The van der Waals surface area contributed by atoms with Crippen LogP contribution in [0.4, 0.5) is 27.8 Å². The highest BCUT2D eigenvalue weighted by Gasteiger charge is 2.53. The molecule has 1 saturated carbocycles. The predicted octanol–water partition coefficient (Wildman–Crippen LogP) is 2.45. The lowest BCUT2D eigenvalue weighted by Gasteiger charge is -2.43. The Bertz CT molecular complexity index is 570. The number of halogens is 5. The standard InChI is InChI=1S/C14H18F5N3O2/c1-2-3-7-11(23)12(24)8(4-13(7,15)16)21-10-6-20-5-9(22-10)14(17,18)19/h5-8,11-12,23-24H,2-4H2,1H3,(H,21,22)/t7-,8+,11+,12-/m1/s1. The molecule has 1 aliphatic carbocycles. The Morgan fingerprint density at radius 1 is 1.25 bits per heavy atom. The Kier molecular flexibility index (Phi) is 5.28. The first-order chi connectivity index (χ1) is 11.1. The van der Waals surface area contributed by atoms with Crippen LogP contribution in [-0.2, 0) is 6.18 Å². The van der Waals surface area contributed by atoms with Gasteiger partial charge in [-0.3, -0.25) is 4.98 Å². The molecule has 1 aromatic rings. The molecule has 1 heterocycles. The molecule has 0 spiro atoms. The van der Waals surface area contributed by atoms with E-state index in [-0.39, 0.29) is 6.42 Å². The van der Waals surface area contributed by atoms with Crippen molar-refractivity contribution in [3.63, 3.8) is 0 Å². The fourth-order valence-corrected chi connectivity index (χ4v) is 2.88. The van der Waals surface area contributed by atoms with E-state index < -0.39 is 54.2 Å². The fourth-order valence-electron chi connectivity index (χ4n) is 2.88. The third kappa shape index (κ3) is 3.92. The summed E-state index contributed by atoms with van der Waals surface area (Å²) in [6, 6.07) is -1.35. The van der Waals surface area contributed by atoms with Crippen LogP contribution in [0.15, 0.2) is 12.4 Å². The van der Waals surface area contributed by atoms with Gasteiger partial charge >= 0.3 is 6.18 Å². The van der Waals surface area contributed by atoms with Crippen LogP contribution in [0.2, 0.25) is 0 Å². The lowest BCUT2D eigenvalue weighted by Crippen LogP contribution is -2.58. The van der Waals surface area contributed by atoms with E-state index in [0.29, 0.717) is 12.6 Å². The van der Waals surface area contributed by atoms with Crippen molar-refractivity contribution in [2.45, 2.75) is 56.5 Å². The number of hydrogen-bond donors (Lipinski definition) is 3. The van der Waals surface area contributed by atoms with Crippen molar-refractivity contribution >= 4 is 5.82 Å². The van der Waals surface area contributed by atoms with Crippen LogP contribution in [0.1, 0.15) is 31.9 Å². The zero-order valence-electron chi connectivity index (χ0n) is 12.8. The summed E-state index contributed by atoms with van der Waals surface area (Å²) < 4.78 is 66.2. The zero-order valence-corrected chi connectivity index (χ0v) is 12.8. The molecule has 0 aliphatic heterocycles. The molecule has 0 unspecified atom stereocenters. The monoisotopic (exact) mass is 355 g/mol. The summed E-state index contributed by atoms with van der Waals surface area (Å²) in [7, 11) is 0. The van der Waals surface area contributed by atoms with Crippen LogP contribution in [0.25, 0.3) is 0 Å². The van der Waals surface area contributed by atoms with Gasteiger partial charge in [0.05, 0.1) is 30.5 Å². The molecule has 3 N–H and O–H groups in total. The van der Waals surface area contributed by atoms with Crippen LogP contribution >= 0.6 is 0 Å². The molecular formula is C14H18F5N3O2. The maximum atomic E-state index is 14.2. The van der Waals surface area contributed by atoms with Crippen LogP contribution in [-0.4, -0.2) is 44.4 Å². The van der Waals surface area contributed by atoms with Gasteiger partial charge in [-0.15, -0.1) is 0 Å². The van der Waals surface area contributed by atoms with Crippen LogP contribution in [0, 0.1) is 5.92 Å². The Morgan fingerprint density at radius 2 is 1.92 bits per heavy atom. The van der Waals surface area contributed by atoms with Crippen LogP contribution in [0.3, 0.4) is 0 Å². The second kappa shape index (κ2) is 6.75. The molecule has 1 fully saturated rings. The zero-order chi connectivity index (χ0) is 18.1. The Labute approximate surface area is 134 Å². The van der Waals surface area contributed by atoms with Gasteiger partial charge in [-0.25, -0.2) is 13.8 Å². The molecule has 0 saturated heterocycles. The van der Waals surface area contributed by atoms with Crippen molar-refractivity contribution in [2.24, 2.45) is 5.92 Å². The molecule has 136 valence electrons. The molecular weight excluding hydrogens is 337 g/mol. The minimum Gasteiger partial charge on any atom is -0.390 e. The number of nitrogens with one attached hydrogen (secondary N) is 1. The topological polar surface area (TPSA) is 78.3 Å². The average molecular weight is 355 g/mol. The SMILES string of the molecule is CCC[C@@H]1[C@H](O)[C@H](O)[C@@H](Nc2cncc(C(F)(F)F)n2)CC1(F)F. The van der Waals surface area contributed by atoms with Crippen molar-refractivity contribution < 1.29 is 32.2 Å². The number of nitrogens with zero attached hydrogens (tertiary/aromatic N) is 2. The van der Waals surface area contributed by atoms with E-state index in [9.17, 15) is 32.2 Å². The van der Waals surface area contributed by atoms with E-state index in [1.807, 2.05) is 0 Å². The average Bonchev–Trinajstić information content (AvgIpc) is 2.48. The van der Waals surface area contributed by atoms with Crippen LogP contribution < -0.4 is 5.32 Å². The third-order valence-corrected chi connectivity index (χ3v) is 4.07. The lowest BCUT2D eigenvalue weighted by molar-refractivity contribution is -0.177. The smallest absolute Gasteiger partial charge is 0.390 e. The Hall–Kier alpha value is -1.55. The molecule has 2 rings (SSSR count). The van der Waals surface area contributed by atoms with Gasteiger partial charge < -0.3 is 15.5 Å². The van der Waals surface area contributed by atoms with Gasteiger partial charge in [0, 0.05) is 6.42 Å². The summed E-state index contributed by atoms with van der Waals surface area (Å²) in [6.45, 7) is 1.68. The number of aromatic nitrogens is 2. The lowest BCUT2D eigenvalue weighted by atomic mass is 9.76. The molecule has 1 aromatic heterocycles. The first-order valence-corrected chi connectivity index (χ1v) is 7.46. The first-order valence-electron chi connectivity index (χ1n) is 7.46. The highest BCUT2D eigenvalue weighted by molar-refractivity contribution is 5.35. The second-order valence-electron chi connectivity index (χ2n) is 5.88. The van der Waals surface area contributed by atoms with Gasteiger partial charge in [-0.1, -0.05) is 13.3 Å². The number of anilines is 1. The maximum Gasteiger partial charge on any atom is 0.434 e. The van der Waals surface area contributed by atoms with E-state index in [4.69, 9.17) is 0 Å². The molecule has 10 heteroatoms. The normalized spacial score (nSPS) is 30.2. The van der Waals surface area contributed by atoms with Crippen molar-refractivity contribution in [1.29, 1.82) is 0 Å². The summed E-state index contributed by atoms with van der Waals surface area (Å²) in [4.78, 5) is 6.63. The number of hydrogen-bond acceptors (Lipinski definition) is 5. The van der Waals surface area contributed by atoms with E-state index in [2.05, 4.69) is 15.3 Å². The molecule has 0 bridgehead atoms. The second-order valence-corrected chi connectivity index (χ2v) is 5.88. The number of alkyl halides is 5. The van der Waals surface area contributed by atoms with E-state index in [1.54, 1.807) is 6.92 Å². The maximum absolute atomic E-state index is 14.2. The largest absolute Gasteiger partial charge is 0.434 e. The van der Waals surface area contributed by atoms with Gasteiger partial charge in [0.15, 0.2) is 5.69 Å². The Balaban J connectivity index is 2.18. The third-order valence-electron chi connectivity index (χ3n) is 4.07. The molecule has 24 heavy (non-hydrogen) atoms. The van der Waals surface area contributed by atoms with E-state index in [0.717, 1.165) is 6.20 Å². The summed E-state index contributed by atoms with van der Waals surface area (Å²) in [5.41, 5.74) is -1.28. The molecule has 1 aliphatic rings. The van der Waals surface area contributed by atoms with Gasteiger partial charge in [-0.05, 0) is 6.42 Å². The molecule has 0 aromatic carbocycles. The van der Waals surface area contributed by atoms with Gasteiger partial charge in [0.25, 0.3) is 5.92 Å². The molecule has 0 amide bonds. The van der Waals surface area contributed by atoms with E-state index >= 15 is 0 Å². The van der Waals surface area contributed by atoms with Gasteiger partial charge in [0.1, 0.15) is 11.9 Å². The molecule has 4 atom stereocenters. The number of aliphatic hydroxyl groups is 2. The number of aliphatic hydroxyl groups excluding tert-OH is 2. The molecule has 5 nitrogen and oxygen atoms in total. The first kappa shape index (κ1) is 18.8. The summed E-state index contributed by atoms with van der Waals surface area (Å²) in [6.07, 6.45) is -6.93. The van der Waals surface area contributed by atoms with Crippen molar-refractivity contribution in [1.82, 2.24) is 9.97 Å².